The largest absolute Gasteiger partial charge is 0.480 e. The molecule has 0 aliphatic rings. The minimum Gasteiger partial charge on any atom is -0.480 e. The van der Waals surface area contributed by atoms with Crippen LogP contribution in [-0.2, 0) is 16.0 Å². The number of rotatable bonds is 5. The summed E-state index contributed by atoms with van der Waals surface area (Å²) in [5.41, 5.74) is 3.17. The van der Waals surface area contributed by atoms with Crippen molar-refractivity contribution in [2.45, 2.75) is 46.1 Å². The van der Waals surface area contributed by atoms with Crippen molar-refractivity contribution in [3.8, 4) is 0 Å². The first kappa shape index (κ1) is 15.2. The average Bonchev–Trinajstić information content (AvgIpc) is 2.31. The molecule has 0 radical (unpaired) electrons. The number of aliphatic carboxylic acids is 1. The van der Waals surface area contributed by atoms with Gasteiger partial charge in [-0.25, -0.2) is 0 Å². The summed E-state index contributed by atoms with van der Waals surface area (Å²) in [6.07, 6.45) is 0.212. The number of carboxylic acids is 1. The van der Waals surface area contributed by atoms with E-state index in [-0.39, 0.29) is 12.3 Å². The molecule has 19 heavy (non-hydrogen) atoms. The summed E-state index contributed by atoms with van der Waals surface area (Å²) >= 11 is 0. The molecular formula is C15H21NO3. The van der Waals surface area contributed by atoms with Crippen LogP contribution in [0.1, 0.15) is 43.4 Å². The molecule has 0 saturated carbocycles. The van der Waals surface area contributed by atoms with Crippen LogP contribution in [-0.4, -0.2) is 23.0 Å². The number of carboxylic acid groups (broad SMARTS) is 1. The topological polar surface area (TPSA) is 66.4 Å². The van der Waals surface area contributed by atoms with E-state index < -0.39 is 12.0 Å². The highest BCUT2D eigenvalue weighted by Gasteiger charge is 2.15. The lowest BCUT2D eigenvalue weighted by molar-refractivity contribution is -0.141. The Morgan fingerprint density at radius 2 is 1.89 bits per heavy atom. The fourth-order valence-corrected chi connectivity index (χ4v) is 1.77. The lowest BCUT2D eigenvalue weighted by Gasteiger charge is -2.13. The van der Waals surface area contributed by atoms with Gasteiger partial charge in [0.15, 0.2) is 0 Å². The van der Waals surface area contributed by atoms with Gasteiger partial charge in [-0.05, 0) is 36.5 Å². The molecule has 0 aliphatic carbocycles. The minimum atomic E-state index is -1.03. The summed E-state index contributed by atoms with van der Waals surface area (Å²) in [5, 5.41) is 11.2. The summed E-state index contributed by atoms with van der Waals surface area (Å²) in [5.74, 6) is -0.889. The van der Waals surface area contributed by atoms with Crippen LogP contribution in [0, 0.1) is 6.92 Å². The SMILES string of the molecule is Cc1ccc(C(C)C)cc1CC(=O)NC(C)C(=O)O. The summed E-state index contributed by atoms with van der Waals surface area (Å²) < 4.78 is 0. The van der Waals surface area contributed by atoms with Crippen molar-refractivity contribution in [2.24, 2.45) is 0 Å². The minimum absolute atomic E-state index is 0.212. The second-order valence-corrected chi connectivity index (χ2v) is 5.14. The molecule has 0 bridgehead atoms. The Morgan fingerprint density at radius 1 is 1.26 bits per heavy atom. The molecule has 1 amide bonds. The molecule has 1 aromatic carbocycles. The normalized spacial score (nSPS) is 12.3. The van der Waals surface area contributed by atoms with Crippen LogP contribution in [0.3, 0.4) is 0 Å². The van der Waals surface area contributed by atoms with Crippen molar-refractivity contribution in [3.05, 3.63) is 34.9 Å². The fourth-order valence-electron chi connectivity index (χ4n) is 1.77. The van der Waals surface area contributed by atoms with E-state index in [0.717, 1.165) is 11.1 Å². The molecule has 104 valence electrons. The first-order chi connectivity index (χ1) is 8.81. The number of benzene rings is 1. The van der Waals surface area contributed by atoms with Crippen molar-refractivity contribution < 1.29 is 14.7 Å². The molecule has 0 saturated heterocycles. The van der Waals surface area contributed by atoms with Gasteiger partial charge < -0.3 is 10.4 Å². The highest BCUT2D eigenvalue weighted by Crippen LogP contribution is 2.19. The highest BCUT2D eigenvalue weighted by molar-refractivity contribution is 5.84. The third-order valence-electron chi connectivity index (χ3n) is 3.14. The summed E-state index contributed by atoms with van der Waals surface area (Å²) in [7, 11) is 0. The van der Waals surface area contributed by atoms with E-state index in [1.807, 2.05) is 19.1 Å². The van der Waals surface area contributed by atoms with Crippen LogP contribution < -0.4 is 5.32 Å². The number of hydrogen-bond acceptors (Lipinski definition) is 2. The third kappa shape index (κ3) is 4.39. The second-order valence-electron chi connectivity index (χ2n) is 5.14. The Morgan fingerprint density at radius 3 is 2.42 bits per heavy atom. The van der Waals surface area contributed by atoms with E-state index in [1.54, 1.807) is 0 Å². The molecule has 4 heteroatoms. The lowest BCUT2D eigenvalue weighted by Crippen LogP contribution is -2.39. The van der Waals surface area contributed by atoms with Crippen LogP contribution in [0.15, 0.2) is 18.2 Å². The van der Waals surface area contributed by atoms with Crippen LogP contribution in [0.5, 0.6) is 0 Å². The monoisotopic (exact) mass is 263 g/mol. The van der Waals surface area contributed by atoms with Crippen molar-refractivity contribution in [2.75, 3.05) is 0 Å². The zero-order valence-electron chi connectivity index (χ0n) is 11.9. The molecule has 1 atom stereocenters. The molecule has 1 rings (SSSR count). The van der Waals surface area contributed by atoms with Gasteiger partial charge in [0.2, 0.25) is 5.91 Å². The van der Waals surface area contributed by atoms with Crippen LogP contribution >= 0.6 is 0 Å². The number of hydrogen-bond donors (Lipinski definition) is 2. The molecule has 1 unspecified atom stereocenters. The molecular weight excluding hydrogens is 242 g/mol. The molecule has 0 fully saturated rings. The molecule has 0 aromatic heterocycles. The summed E-state index contributed by atoms with van der Waals surface area (Å²) in [4.78, 5) is 22.5. The quantitative estimate of drug-likeness (QED) is 0.856. The fraction of sp³-hybridized carbons (Fsp3) is 0.467. The summed E-state index contributed by atoms with van der Waals surface area (Å²) in [6, 6.07) is 5.21. The Kier molecular flexibility index (Phi) is 5.10. The van der Waals surface area contributed by atoms with Crippen LogP contribution in [0.4, 0.5) is 0 Å². The van der Waals surface area contributed by atoms with E-state index in [1.165, 1.54) is 12.5 Å². The smallest absolute Gasteiger partial charge is 0.325 e. The average molecular weight is 263 g/mol. The number of amides is 1. The van der Waals surface area contributed by atoms with E-state index in [4.69, 9.17) is 5.11 Å². The van der Waals surface area contributed by atoms with Gasteiger partial charge in [-0.1, -0.05) is 32.0 Å². The van der Waals surface area contributed by atoms with Crippen LogP contribution in [0.2, 0.25) is 0 Å². The molecule has 0 spiro atoms. The van der Waals surface area contributed by atoms with Crippen molar-refractivity contribution >= 4 is 11.9 Å². The molecule has 1 aromatic rings. The molecule has 0 heterocycles. The van der Waals surface area contributed by atoms with Gasteiger partial charge in [0.1, 0.15) is 6.04 Å². The number of carbonyl (C=O) groups is 2. The van der Waals surface area contributed by atoms with E-state index in [0.29, 0.717) is 5.92 Å². The summed E-state index contributed by atoms with van der Waals surface area (Å²) in [6.45, 7) is 7.60. The molecule has 2 N–H and O–H groups in total. The molecule has 0 aliphatic heterocycles. The highest BCUT2D eigenvalue weighted by atomic mass is 16.4. The predicted molar refractivity (Wildman–Crippen MR) is 74.2 cm³/mol. The van der Waals surface area contributed by atoms with Gasteiger partial charge in [-0.15, -0.1) is 0 Å². The Bertz CT molecular complexity index is 480. The van der Waals surface area contributed by atoms with E-state index in [2.05, 4.69) is 25.2 Å². The maximum atomic E-state index is 11.8. The van der Waals surface area contributed by atoms with Gasteiger partial charge in [-0.3, -0.25) is 9.59 Å². The van der Waals surface area contributed by atoms with Crippen molar-refractivity contribution in [3.63, 3.8) is 0 Å². The Balaban J connectivity index is 2.78. The maximum Gasteiger partial charge on any atom is 0.325 e. The van der Waals surface area contributed by atoms with Gasteiger partial charge in [0.25, 0.3) is 0 Å². The first-order valence-corrected chi connectivity index (χ1v) is 6.43. The second kappa shape index (κ2) is 6.36. The van der Waals surface area contributed by atoms with Gasteiger partial charge in [-0.2, -0.15) is 0 Å². The zero-order valence-corrected chi connectivity index (χ0v) is 11.9. The van der Waals surface area contributed by atoms with Crippen LogP contribution in [0.25, 0.3) is 0 Å². The first-order valence-electron chi connectivity index (χ1n) is 6.43. The van der Waals surface area contributed by atoms with E-state index in [9.17, 15) is 9.59 Å². The predicted octanol–water partition coefficient (Wildman–Crippen LogP) is 2.25. The van der Waals surface area contributed by atoms with Crippen molar-refractivity contribution in [1.29, 1.82) is 0 Å². The number of nitrogens with one attached hydrogen (secondary N) is 1. The van der Waals surface area contributed by atoms with Crippen molar-refractivity contribution in [1.82, 2.24) is 5.32 Å². The molecule has 4 nitrogen and oxygen atoms in total. The van der Waals surface area contributed by atoms with E-state index >= 15 is 0 Å². The number of carbonyl (C=O) groups excluding carboxylic acids is 1. The maximum absolute atomic E-state index is 11.8. The third-order valence-corrected chi connectivity index (χ3v) is 3.14. The number of aryl methyl sites for hydroxylation is 1. The van der Waals surface area contributed by atoms with Gasteiger partial charge >= 0.3 is 5.97 Å². The lowest BCUT2D eigenvalue weighted by atomic mass is 9.96. The Labute approximate surface area is 113 Å². The van der Waals surface area contributed by atoms with Gasteiger partial charge in [0.05, 0.1) is 6.42 Å². The Hall–Kier alpha value is -1.84. The standard InChI is InChI=1S/C15H21NO3/c1-9(2)12-6-5-10(3)13(7-12)8-14(17)16-11(4)15(18)19/h5-7,9,11H,8H2,1-4H3,(H,16,17)(H,18,19). The zero-order chi connectivity index (χ0) is 14.6. The van der Waals surface area contributed by atoms with Gasteiger partial charge in [0, 0.05) is 0 Å².